The lowest BCUT2D eigenvalue weighted by atomic mass is 9.97. The number of benzene rings is 1. The van der Waals surface area contributed by atoms with Crippen molar-refractivity contribution in [1.29, 1.82) is 0 Å². The summed E-state index contributed by atoms with van der Waals surface area (Å²) in [6.45, 7) is 4.17. The van der Waals surface area contributed by atoms with Crippen LogP contribution in [0.4, 0.5) is 4.39 Å². The van der Waals surface area contributed by atoms with Crippen LogP contribution in [0.5, 0.6) is 0 Å². The SMILES string of the molecule is CCC1SCCSC1C(N)c1ccc(F)cc1C. The minimum atomic E-state index is -0.179. The van der Waals surface area contributed by atoms with E-state index in [4.69, 9.17) is 5.73 Å². The van der Waals surface area contributed by atoms with Gasteiger partial charge in [0.15, 0.2) is 0 Å². The highest BCUT2D eigenvalue weighted by molar-refractivity contribution is 8.07. The Bertz CT molecular complexity index is 411. The maximum absolute atomic E-state index is 13.1. The highest BCUT2D eigenvalue weighted by atomic mass is 32.2. The van der Waals surface area contributed by atoms with Crippen LogP contribution in [0.2, 0.25) is 0 Å². The average Bonchev–Trinajstić information content (AvgIpc) is 2.38. The van der Waals surface area contributed by atoms with E-state index in [0.717, 1.165) is 17.5 Å². The van der Waals surface area contributed by atoms with Gasteiger partial charge in [-0.25, -0.2) is 4.39 Å². The first kappa shape index (κ1) is 14.2. The first-order chi connectivity index (χ1) is 8.63. The molecule has 2 rings (SSSR count). The lowest BCUT2D eigenvalue weighted by molar-refractivity contribution is 0.610. The van der Waals surface area contributed by atoms with Crippen molar-refractivity contribution >= 4 is 23.5 Å². The van der Waals surface area contributed by atoms with Crippen molar-refractivity contribution in [3.8, 4) is 0 Å². The molecule has 1 nitrogen and oxygen atoms in total. The molecule has 1 aliphatic rings. The maximum Gasteiger partial charge on any atom is 0.123 e. The number of aryl methyl sites for hydroxylation is 1. The fourth-order valence-corrected chi connectivity index (χ4v) is 5.63. The van der Waals surface area contributed by atoms with Crippen LogP contribution in [0.25, 0.3) is 0 Å². The van der Waals surface area contributed by atoms with E-state index in [2.05, 4.69) is 6.92 Å². The molecular weight excluding hydrogens is 265 g/mol. The van der Waals surface area contributed by atoms with E-state index in [0.29, 0.717) is 10.5 Å². The van der Waals surface area contributed by atoms with Crippen molar-refractivity contribution < 1.29 is 4.39 Å². The number of rotatable bonds is 3. The van der Waals surface area contributed by atoms with E-state index in [1.807, 2.05) is 36.5 Å². The Hall–Kier alpha value is -0.190. The van der Waals surface area contributed by atoms with Crippen molar-refractivity contribution in [2.45, 2.75) is 36.8 Å². The van der Waals surface area contributed by atoms with Gasteiger partial charge in [0, 0.05) is 28.0 Å². The topological polar surface area (TPSA) is 26.0 Å². The standard InChI is InChI=1S/C14H20FNS2/c1-3-12-14(18-7-6-17-12)13(16)11-5-4-10(15)8-9(11)2/h4-5,8,12-14H,3,6-7,16H2,1-2H3. The zero-order valence-electron chi connectivity index (χ0n) is 10.9. The van der Waals surface area contributed by atoms with E-state index in [1.54, 1.807) is 6.07 Å². The molecular formula is C14H20FNS2. The average molecular weight is 285 g/mol. The zero-order valence-corrected chi connectivity index (χ0v) is 12.5. The highest BCUT2D eigenvalue weighted by Crippen LogP contribution is 2.39. The van der Waals surface area contributed by atoms with Gasteiger partial charge >= 0.3 is 0 Å². The second-order valence-corrected chi connectivity index (χ2v) is 7.31. The van der Waals surface area contributed by atoms with Gasteiger partial charge in [0.05, 0.1) is 0 Å². The van der Waals surface area contributed by atoms with Crippen molar-refractivity contribution in [3.63, 3.8) is 0 Å². The summed E-state index contributed by atoms with van der Waals surface area (Å²) in [6, 6.07) is 4.95. The molecule has 1 aromatic rings. The van der Waals surface area contributed by atoms with Gasteiger partial charge in [0.25, 0.3) is 0 Å². The lowest BCUT2D eigenvalue weighted by Gasteiger charge is -2.34. The molecule has 1 saturated heterocycles. The number of thioether (sulfide) groups is 2. The summed E-state index contributed by atoms with van der Waals surface area (Å²) >= 11 is 4.00. The van der Waals surface area contributed by atoms with Gasteiger partial charge in [-0.05, 0) is 36.6 Å². The third kappa shape index (κ3) is 3.03. The smallest absolute Gasteiger partial charge is 0.123 e. The molecule has 100 valence electrons. The molecule has 1 fully saturated rings. The van der Waals surface area contributed by atoms with E-state index in [-0.39, 0.29) is 11.9 Å². The number of hydrogen-bond acceptors (Lipinski definition) is 3. The Balaban J connectivity index is 2.20. The zero-order chi connectivity index (χ0) is 13.1. The van der Waals surface area contributed by atoms with Gasteiger partial charge < -0.3 is 5.73 Å². The minimum Gasteiger partial charge on any atom is -0.323 e. The molecule has 1 heterocycles. The van der Waals surface area contributed by atoms with Gasteiger partial charge in [-0.15, -0.1) is 0 Å². The molecule has 0 bridgehead atoms. The van der Waals surface area contributed by atoms with Crippen LogP contribution >= 0.6 is 23.5 Å². The summed E-state index contributed by atoms with van der Waals surface area (Å²) in [5.74, 6) is 2.20. The molecule has 0 saturated carbocycles. The summed E-state index contributed by atoms with van der Waals surface area (Å²) < 4.78 is 13.1. The largest absolute Gasteiger partial charge is 0.323 e. The van der Waals surface area contributed by atoms with E-state index in [1.165, 1.54) is 17.6 Å². The Morgan fingerprint density at radius 1 is 1.39 bits per heavy atom. The van der Waals surface area contributed by atoms with Gasteiger partial charge in [-0.1, -0.05) is 13.0 Å². The normalized spacial score (nSPS) is 26.0. The monoisotopic (exact) mass is 285 g/mol. The van der Waals surface area contributed by atoms with Gasteiger partial charge in [0.1, 0.15) is 5.82 Å². The number of nitrogens with two attached hydrogens (primary N) is 1. The Kier molecular flexibility index (Phi) is 4.98. The molecule has 0 aliphatic carbocycles. The third-order valence-electron chi connectivity index (χ3n) is 3.44. The number of halogens is 1. The first-order valence-electron chi connectivity index (χ1n) is 6.38. The molecule has 2 N–H and O–H groups in total. The predicted octanol–water partition coefficient (Wildman–Crippen LogP) is 3.76. The van der Waals surface area contributed by atoms with E-state index >= 15 is 0 Å². The van der Waals surface area contributed by atoms with Gasteiger partial charge in [-0.2, -0.15) is 23.5 Å². The van der Waals surface area contributed by atoms with Gasteiger partial charge in [0.2, 0.25) is 0 Å². The van der Waals surface area contributed by atoms with Crippen LogP contribution in [-0.2, 0) is 0 Å². The maximum atomic E-state index is 13.1. The summed E-state index contributed by atoms with van der Waals surface area (Å²) in [4.78, 5) is 0. The highest BCUT2D eigenvalue weighted by Gasteiger charge is 2.31. The van der Waals surface area contributed by atoms with Crippen LogP contribution in [0.1, 0.15) is 30.5 Å². The minimum absolute atomic E-state index is 0.00773. The second-order valence-electron chi connectivity index (χ2n) is 4.68. The molecule has 0 radical (unpaired) electrons. The van der Waals surface area contributed by atoms with Crippen LogP contribution in [0, 0.1) is 12.7 Å². The molecule has 0 spiro atoms. The molecule has 1 aliphatic heterocycles. The Morgan fingerprint density at radius 3 is 2.78 bits per heavy atom. The van der Waals surface area contributed by atoms with Crippen LogP contribution < -0.4 is 5.73 Å². The van der Waals surface area contributed by atoms with E-state index in [9.17, 15) is 4.39 Å². The van der Waals surface area contributed by atoms with Crippen LogP contribution in [0.15, 0.2) is 18.2 Å². The molecule has 1 aromatic carbocycles. The fraction of sp³-hybridized carbons (Fsp3) is 0.571. The van der Waals surface area contributed by atoms with Gasteiger partial charge in [-0.3, -0.25) is 0 Å². The lowest BCUT2D eigenvalue weighted by Crippen LogP contribution is -2.35. The van der Waals surface area contributed by atoms with Crippen molar-refractivity contribution in [3.05, 3.63) is 35.1 Å². The van der Waals surface area contributed by atoms with Crippen molar-refractivity contribution in [2.75, 3.05) is 11.5 Å². The summed E-state index contributed by atoms with van der Waals surface area (Å²) in [7, 11) is 0. The molecule has 3 unspecified atom stereocenters. The fourth-order valence-electron chi connectivity index (χ4n) is 2.46. The first-order valence-corrected chi connectivity index (χ1v) is 8.48. The molecule has 0 amide bonds. The van der Waals surface area contributed by atoms with E-state index < -0.39 is 0 Å². The second kappa shape index (κ2) is 6.31. The van der Waals surface area contributed by atoms with Crippen molar-refractivity contribution in [2.24, 2.45) is 5.73 Å². The Labute approximate surface area is 117 Å². The molecule has 0 aromatic heterocycles. The van der Waals surface area contributed by atoms with Crippen LogP contribution in [0.3, 0.4) is 0 Å². The summed E-state index contributed by atoms with van der Waals surface area (Å²) in [6.07, 6.45) is 1.15. The summed E-state index contributed by atoms with van der Waals surface area (Å²) in [5.41, 5.74) is 8.49. The molecule has 18 heavy (non-hydrogen) atoms. The molecule has 4 heteroatoms. The predicted molar refractivity (Wildman–Crippen MR) is 80.8 cm³/mol. The number of hydrogen-bond donors (Lipinski definition) is 1. The third-order valence-corrected chi connectivity index (χ3v) is 6.81. The quantitative estimate of drug-likeness (QED) is 0.915. The summed E-state index contributed by atoms with van der Waals surface area (Å²) in [5, 5.41) is 1.06. The molecule has 3 atom stereocenters. The van der Waals surface area contributed by atoms with Crippen LogP contribution in [-0.4, -0.2) is 22.0 Å². The Morgan fingerprint density at radius 2 is 2.11 bits per heavy atom. The van der Waals surface area contributed by atoms with Crippen molar-refractivity contribution in [1.82, 2.24) is 0 Å².